The van der Waals surface area contributed by atoms with Crippen molar-refractivity contribution in [1.29, 1.82) is 0 Å². The van der Waals surface area contributed by atoms with Crippen LogP contribution in [0.15, 0.2) is 48.5 Å². The number of halogens is 1. The van der Waals surface area contributed by atoms with Crippen LogP contribution in [0, 0.1) is 0 Å². The highest BCUT2D eigenvalue weighted by molar-refractivity contribution is 7.88. The fourth-order valence-electron chi connectivity index (χ4n) is 3.46. The summed E-state index contributed by atoms with van der Waals surface area (Å²) in [5, 5.41) is 3.29. The highest BCUT2D eigenvalue weighted by Crippen LogP contribution is 2.49. The lowest BCUT2D eigenvalue weighted by Crippen LogP contribution is -2.30. The van der Waals surface area contributed by atoms with E-state index in [1.54, 1.807) is 43.3 Å². The average Bonchev–Trinajstić information content (AvgIpc) is 3.50. The summed E-state index contributed by atoms with van der Waals surface area (Å²) >= 11 is 5.90. The maximum absolute atomic E-state index is 12.6. The Morgan fingerprint density at radius 1 is 1.10 bits per heavy atom. The number of amides is 1. The Balaban J connectivity index is 1.68. The second-order valence-corrected chi connectivity index (χ2v) is 9.84. The topological polar surface area (TPSA) is 102 Å². The molecule has 2 aromatic carbocycles. The summed E-state index contributed by atoms with van der Waals surface area (Å²) in [6, 6.07) is 13.0. The number of rotatable bonds is 9. The largest absolute Gasteiger partial charge is 0.465 e. The van der Waals surface area contributed by atoms with Crippen LogP contribution in [0.4, 0.5) is 5.69 Å². The van der Waals surface area contributed by atoms with Crippen molar-refractivity contribution in [2.24, 2.45) is 0 Å². The van der Waals surface area contributed by atoms with Crippen molar-refractivity contribution >= 4 is 39.2 Å². The molecule has 9 heteroatoms. The number of anilines is 1. The third-order valence-corrected chi connectivity index (χ3v) is 6.12. The van der Waals surface area contributed by atoms with E-state index in [9.17, 15) is 18.0 Å². The number of nitrogens with one attached hydrogen (secondary N) is 2. The maximum atomic E-state index is 12.6. The number of sulfonamides is 1. The molecule has 166 valence electrons. The first kappa shape index (κ1) is 23.2. The highest BCUT2D eigenvalue weighted by atomic mass is 35.5. The van der Waals surface area contributed by atoms with Crippen molar-refractivity contribution in [3.05, 3.63) is 64.7 Å². The zero-order chi connectivity index (χ0) is 22.6. The molecule has 0 heterocycles. The van der Waals surface area contributed by atoms with E-state index in [0.29, 0.717) is 22.9 Å². The molecule has 1 amide bonds. The Kier molecular flexibility index (Phi) is 7.03. The molecule has 1 fully saturated rings. The SMILES string of the molecule is CCOC(=O)C1(c2ccc(NC(=O)C[C@H](NS(C)(=O)=O)c3ccc(Cl)cc3)cc2)CC1. The molecule has 1 atom stereocenters. The van der Waals surface area contributed by atoms with Gasteiger partial charge in [-0.05, 0) is 55.2 Å². The van der Waals surface area contributed by atoms with Crippen molar-refractivity contribution in [3.63, 3.8) is 0 Å². The minimum atomic E-state index is -3.53. The average molecular weight is 465 g/mol. The summed E-state index contributed by atoms with van der Waals surface area (Å²) in [6.45, 7) is 2.12. The third kappa shape index (κ3) is 6.06. The van der Waals surface area contributed by atoms with E-state index < -0.39 is 21.5 Å². The van der Waals surface area contributed by atoms with Gasteiger partial charge in [-0.3, -0.25) is 9.59 Å². The molecule has 2 N–H and O–H groups in total. The summed E-state index contributed by atoms with van der Waals surface area (Å²) in [4.78, 5) is 24.8. The van der Waals surface area contributed by atoms with Crippen molar-refractivity contribution in [3.8, 4) is 0 Å². The number of carbonyl (C=O) groups is 2. The summed E-state index contributed by atoms with van der Waals surface area (Å²) in [5.74, 6) is -0.570. The van der Waals surface area contributed by atoms with Crippen molar-refractivity contribution in [2.45, 2.75) is 37.6 Å². The molecule has 0 aliphatic heterocycles. The van der Waals surface area contributed by atoms with Crippen LogP contribution in [-0.2, 0) is 29.8 Å². The fraction of sp³-hybridized carbons (Fsp3) is 0.364. The number of carbonyl (C=O) groups excluding carboxylic acids is 2. The van der Waals surface area contributed by atoms with Crippen LogP contribution >= 0.6 is 11.6 Å². The van der Waals surface area contributed by atoms with E-state index in [-0.39, 0.29) is 18.3 Å². The molecule has 0 radical (unpaired) electrons. The molecule has 0 bridgehead atoms. The van der Waals surface area contributed by atoms with Crippen LogP contribution in [0.2, 0.25) is 5.02 Å². The molecule has 31 heavy (non-hydrogen) atoms. The van der Waals surface area contributed by atoms with Crippen molar-refractivity contribution in [2.75, 3.05) is 18.2 Å². The number of hydrogen-bond acceptors (Lipinski definition) is 5. The first-order chi connectivity index (χ1) is 14.6. The number of benzene rings is 2. The Morgan fingerprint density at radius 3 is 2.23 bits per heavy atom. The third-order valence-electron chi connectivity index (χ3n) is 5.16. The smallest absolute Gasteiger partial charge is 0.316 e. The van der Waals surface area contributed by atoms with Gasteiger partial charge in [-0.1, -0.05) is 35.9 Å². The second kappa shape index (κ2) is 9.38. The molecular formula is C22H25ClN2O5S. The van der Waals surface area contributed by atoms with Gasteiger partial charge in [-0.25, -0.2) is 13.1 Å². The van der Waals surface area contributed by atoms with Crippen LogP contribution in [0.25, 0.3) is 0 Å². The molecule has 0 spiro atoms. The zero-order valence-electron chi connectivity index (χ0n) is 17.4. The molecular weight excluding hydrogens is 440 g/mol. The van der Waals surface area contributed by atoms with Crippen molar-refractivity contribution in [1.82, 2.24) is 4.72 Å². The highest BCUT2D eigenvalue weighted by Gasteiger charge is 2.52. The summed E-state index contributed by atoms with van der Waals surface area (Å²) in [5.41, 5.74) is 1.48. The lowest BCUT2D eigenvalue weighted by Gasteiger charge is -2.18. The zero-order valence-corrected chi connectivity index (χ0v) is 18.9. The second-order valence-electron chi connectivity index (χ2n) is 7.63. The minimum Gasteiger partial charge on any atom is -0.465 e. The van der Waals surface area contributed by atoms with Gasteiger partial charge >= 0.3 is 5.97 Å². The quantitative estimate of drug-likeness (QED) is 0.552. The van der Waals surface area contributed by atoms with Gasteiger partial charge < -0.3 is 10.1 Å². The molecule has 7 nitrogen and oxygen atoms in total. The molecule has 0 aromatic heterocycles. The Hall–Kier alpha value is -2.42. The van der Waals surface area contributed by atoms with E-state index in [0.717, 1.165) is 24.7 Å². The van der Waals surface area contributed by atoms with Gasteiger partial charge in [-0.15, -0.1) is 0 Å². The molecule has 1 saturated carbocycles. The number of esters is 1. The van der Waals surface area contributed by atoms with Crippen molar-refractivity contribution < 1.29 is 22.7 Å². The van der Waals surface area contributed by atoms with E-state index >= 15 is 0 Å². The fourth-order valence-corrected chi connectivity index (χ4v) is 4.32. The monoisotopic (exact) mass is 464 g/mol. The minimum absolute atomic E-state index is 0.0940. The first-order valence-corrected chi connectivity index (χ1v) is 12.2. The van der Waals surface area contributed by atoms with Crippen LogP contribution in [0.5, 0.6) is 0 Å². The van der Waals surface area contributed by atoms with Gasteiger partial charge in [0.25, 0.3) is 0 Å². The molecule has 0 unspecified atom stereocenters. The Bertz CT molecular complexity index is 1050. The predicted octanol–water partition coefficient (Wildman–Crippen LogP) is 3.55. The van der Waals surface area contributed by atoms with E-state index in [1.807, 2.05) is 12.1 Å². The van der Waals surface area contributed by atoms with Gasteiger partial charge in [0, 0.05) is 17.1 Å². The molecule has 3 rings (SSSR count). The lowest BCUT2D eigenvalue weighted by atomic mass is 9.96. The summed E-state index contributed by atoms with van der Waals surface area (Å²) in [6.07, 6.45) is 2.45. The number of hydrogen-bond donors (Lipinski definition) is 2. The van der Waals surface area contributed by atoms with Gasteiger partial charge in [0.1, 0.15) is 0 Å². The van der Waals surface area contributed by atoms with Crippen LogP contribution < -0.4 is 10.0 Å². The van der Waals surface area contributed by atoms with E-state index in [2.05, 4.69) is 10.0 Å². The summed E-state index contributed by atoms with van der Waals surface area (Å²) in [7, 11) is -3.53. The van der Waals surface area contributed by atoms with Gasteiger partial charge in [0.15, 0.2) is 0 Å². The maximum Gasteiger partial charge on any atom is 0.316 e. The first-order valence-electron chi connectivity index (χ1n) is 9.93. The lowest BCUT2D eigenvalue weighted by molar-refractivity contribution is -0.146. The molecule has 1 aliphatic carbocycles. The molecule has 1 aliphatic rings. The number of ether oxygens (including phenoxy) is 1. The van der Waals surface area contributed by atoms with Gasteiger partial charge in [0.2, 0.25) is 15.9 Å². The summed E-state index contributed by atoms with van der Waals surface area (Å²) < 4.78 is 31.2. The van der Waals surface area contributed by atoms with Crippen LogP contribution in [0.1, 0.15) is 43.4 Å². The van der Waals surface area contributed by atoms with Gasteiger partial charge in [0.05, 0.1) is 24.3 Å². The van der Waals surface area contributed by atoms with Crippen LogP contribution in [-0.4, -0.2) is 33.2 Å². The predicted molar refractivity (Wildman–Crippen MR) is 119 cm³/mol. The van der Waals surface area contributed by atoms with E-state index in [4.69, 9.17) is 16.3 Å². The standard InChI is InChI=1S/C22H25ClN2O5S/c1-3-30-21(27)22(12-13-22)16-6-10-18(11-7-16)24-20(26)14-19(25-31(2,28)29)15-4-8-17(23)9-5-15/h4-11,19,25H,3,12-14H2,1-2H3,(H,24,26)/t19-/m0/s1. The van der Waals surface area contributed by atoms with Crippen LogP contribution in [0.3, 0.4) is 0 Å². The Morgan fingerprint density at radius 2 is 1.71 bits per heavy atom. The van der Waals surface area contributed by atoms with Gasteiger partial charge in [-0.2, -0.15) is 0 Å². The van der Waals surface area contributed by atoms with E-state index in [1.165, 1.54) is 0 Å². The molecule has 0 saturated heterocycles. The Labute approximate surface area is 187 Å². The normalized spacial score (nSPS) is 15.7. The molecule has 2 aromatic rings.